The molecule has 2 rings (SSSR count). The summed E-state index contributed by atoms with van der Waals surface area (Å²) in [6, 6.07) is 13.2. The number of carbonyl (C=O) groups excluding carboxylic acids is 1. The minimum absolute atomic E-state index is 0.126. The zero-order chi connectivity index (χ0) is 15.2. The van der Waals surface area contributed by atoms with Crippen molar-refractivity contribution in [2.75, 3.05) is 24.3 Å². The first-order valence-electron chi connectivity index (χ1n) is 6.93. The lowest BCUT2D eigenvalue weighted by Crippen LogP contribution is -2.14. The second-order valence-corrected chi connectivity index (χ2v) is 4.92. The second-order valence-electron chi connectivity index (χ2n) is 4.92. The molecule has 1 amide bonds. The first kappa shape index (κ1) is 15.1. The molecule has 0 bridgehead atoms. The van der Waals surface area contributed by atoms with Crippen molar-refractivity contribution >= 4 is 17.3 Å². The summed E-state index contributed by atoms with van der Waals surface area (Å²) in [7, 11) is 1.80. The van der Waals surface area contributed by atoms with E-state index in [1.165, 1.54) is 0 Å². The average Bonchev–Trinajstić information content (AvgIpc) is 2.49. The number of hydrogen-bond donors (Lipinski definition) is 3. The van der Waals surface area contributed by atoms with Gasteiger partial charge in [-0.2, -0.15) is 0 Å². The van der Waals surface area contributed by atoms with Crippen molar-refractivity contribution in [3.8, 4) is 0 Å². The van der Waals surface area contributed by atoms with E-state index >= 15 is 0 Å². The van der Waals surface area contributed by atoms with Crippen LogP contribution in [-0.2, 0) is 6.42 Å². The lowest BCUT2D eigenvalue weighted by molar-refractivity contribution is 0.102. The molecule has 0 atom stereocenters. The molecule has 110 valence electrons. The normalized spacial score (nSPS) is 10.2. The number of hydrogen-bond acceptors (Lipinski definition) is 3. The molecule has 0 aliphatic carbocycles. The Morgan fingerprint density at radius 1 is 1.14 bits per heavy atom. The van der Waals surface area contributed by atoms with Gasteiger partial charge in [-0.05, 0) is 48.7 Å². The van der Waals surface area contributed by atoms with Crippen molar-refractivity contribution < 1.29 is 9.90 Å². The molecule has 0 aliphatic heterocycles. The maximum Gasteiger partial charge on any atom is 0.257 e. The van der Waals surface area contributed by atoms with Crippen molar-refractivity contribution in [3.05, 3.63) is 59.2 Å². The van der Waals surface area contributed by atoms with Crippen molar-refractivity contribution in [1.82, 2.24) is 0 Å². The molecular formula is C17H20N2O2. The topological polar surface area (TPSA) is 61.4 Å². The van der Waals surface area contributed by atoms with Crippen LogP contribution < -0.4 is 10.6 Å². The van der Waals surface area contributed by atoms with E-state index in [0.717, 1.165) is 22.5 Å². The Balaban J connectivity index is 2.14. The molecule has 0 aliphatic rings. The minimum atomic E-state index is -0.144. The molecule has 0 aromatic heterocycles. The van der Waals surface area contributed by atoms with E-state index in [-0.39, 0.29) is 12.5 Å². The van der Waals surface area contributed by atoms with Gasteiger partial charge in [-0.1, -0.05) is 18.2 Å². The Morgan fingerprint density at radius 3 is 2.48 bits per heavy atom. The summed E-state index contributed by atoms with van der Waals surface area (Å²) >= 11 is 0. The number of anilines is 2. The summed E-state index contributed by atoms with van der Waals surface area (Å²) in [6.45, 7) is 2.11. The Morgan fingerprint density at radius 2 is 1.86 bits per heavy atom. The molecule has 0 spiro atoms. The van der Waals surface area contributed by atoms with E-state index in [2.05, 4.69) is 10.6 Å². The fourth-order valence-electron chi connectivity index (χ4n) is 2.15. The van der Waals surface area contributed by atoms with Crippen LogP contribution in [0.1, 0.15) is 21.5 Å². The van der Waals surface area contributed by atoms with Crippen LogP contribution in [-0.4, -0.2) is 24.7 Å². The van der Waals surface area contributed by atoms with Gasteiger partial charge in [0.15, 0.2) is 0 Å². The maximum atomic E-state index is 12.3. The summed E-state index contributed by atoms with van der Waals surface area (Å²) in [6.07, 6.45) is 0.621. The van der Waals surface area contributed by atoms with Gasteiger partial charge in [-0.15, -0.1) is 0 Å². The molecule has 4 heteroatoms. The van der Waals surface area contributed by atoms with Gasteiger partial charge in [-0.25, -0.2) is 0 Å². The standard InChI is InChI=1S/C17H20N2O2/c1-12-3-8-15(16(11-12)18-2)17(21)19-14-6-4-13(5-7-14)9-10-20/h3-8,11,18,20H,9-10H2,1-2H3,(H,19,21). The third-order valence-electron chi connectivity index (χ3n) is 3.30. The first-order valence-corrected chi connectivity index (χ1v) is 6.93. The van der Waals surface area contributed by atoms with Gasteiger partial charge in [0, 0.05) is 25.0 Å². The van der Waals surface area contributed by atoms with Crippen LogP contribution in [0.4, 0.5) is 11.4 Å². The third kappa shape index (κ3) is 3.83. The number of benzene rings is 2. The fraction of sp³-hybridized carbons (Fsp3) is 0.235. The largest absolute Gasteiger partial charge is 0.396 e. The molecule has 0 saturated heterocycles. The van der Waals surface area contributed by atoms with Crippen LogP contribution in [0.25, 0.3) is 0 Å². The molecular weight excluding hydrogens is 264 g/mol. The second kappa shape index (κ2) is 6.90. The Labute approximate surface area is 124 Å². The third-order valence-corrected chi connectivity index (χ3v) is 3.30. The van der Waals surface area contributed by atoms with Crippen molar-refractivity contribution in [2.24, 2.45) is 0 Å². The van der Waals surface area contributed by atoms with E-state index in [1.54, 1.807) is 7.05 Å². The van der Waals surface area contributed by atoms with Crippen molar-refractivity contribution in [3.63, 3.8) is 0 Å². The number of aliphatic hydroxyl groups excluding tert-OH is 1. The van der Waals surface area contributed by atoms with Gasteiger partial charge in [-0.3, -0.25) is 4.79 Å². The molecule has 2 aromatic rings. The average molecular weight is 284 g/mol. The number of rotatable bonds is 5. The molecule has 4 nitrogen and oxygen atoms in total. The summed E-state index contributed by atoms with van der Waals surface area (Å²) < 4.78 is 0. The van der Waals surface area contributed by atoms with Gasteiger partial charge in [0.25, 0.3) is 5.91 Å². The molecule has 21 heavy (non-hydrogen) atoms. The molecule has 0 radical (unpaired) electrons. The summed E-state index contributed by atoms with van der Waals surface area (Å²) in [5.74, 6) is -0.144. The van der Waals surface area contributed by atoms with Crippen LogP contribution >= 0.6 is 0 Å². The van der Waals surface area contributed by atoms with E-state index in [1.807, 2.05) is 49.4 Å². The zero-order valence-corrected chi connectivity index (χ0v) is 12.3. The monoisotopic (exact) mass is 284 g/mol. The van der Waals surface area contributed by atoms with Gasteiger partial charge in [0.2, 0.25) is 0 Å². The van der Waals surface area contributed by atoms with Crippen LogP contribution in [0.5, 0.6) is 0 Å². The van der Waals surface area contributed by atoms with Gasteiger partial charge < -0.3 is 15.7 Å². The predicted molar refractivity (Wildman–Crippen MR) is 85.9 cm³/mol. The van der Waals surface area contributed by atoms with Gasteiger partial charge in [0.05, 0.1) is 5.56 Å². The summed E-state index contributed by atoms with van der Waals surface area (Å²) in [5, 5.41) is 14.8. The highest BCUT2D eigenvalue weighted by atomic mass is 16.2. The molecule has 0 unspecified atom stereocenters. The highest BCUT2D eigenvalue weighted by Crippen LogP contribution is 2.19. The van der Waals surface area contributed by atoms with Crippen LogP contribution in [0.2, 0.25) is 0 Å². The smallest absolute Gasteiger partial charge is 0.257 e. The van der Waals surface area contributed by atoms with E-state index in [0.29, 0.717) is 12.0 Å². The quantitative estimate of drug-likeness (QED) is 0.791. The van der Waals surface area contributed by atoms with Gasteiger partial charge in [0.1, 0.15) is 0 Å². The van der Waals surface area contributed by atoms with Crippen molar-refractivity contribution in [1.29, 1.82) is 0 Å². The highest BCUT2D eigenvalue weighted by molar-refractivity contribution is 6.08. The number of aryl methyl sites for hydroxylation is 1. The molecule has 2 aromatic carbocycles. The number of carbonyl (C=O) groups is 1. The Kier molecular flexibility index (Phi) is 4.95. The fourth-order valence-corrected chi connectivity index (χ4v) is 2.15. The summed E-state index contributed by atoms with van der Waals surface area (Å²) in [4.78, 5) is 12.3. The maximum absolute atomic E-state index is 12.3. The lowest BCUT2D eigenvalue weighted by atomic mass is 10.1. The van der Waals surface area contributed by atoms with Crippen LogP contribution in [0.15, 0.2) is 42.5 Å². The minimum Gasteiger partial charge on any atom is -0.396 e. The molecule has 0 saturated carbocycles. The lowest BCUT2D eigenvalue weighted by Gasteiger charge is -2.11. The number of aliphatic hydroxyl groups is 1. The molecule has 0 fully saturated rings. The van der Waals surface area contributed by atoms with Crippen LogP contribution in [0.3, 0.4) is 0 Å². The molecule has 0 heterocycles. The first-order chi connectivity index (χ1) is 10.1. The SMILES string of the molecule is CNc1cc(C)ccc1C(=O)Nc1ccc(CCO)cc1. The molecule has 3 N–H and O–H groups in total. The summed E-state index contributed by atoms with van der Waals surface area (Å²) in [5.41, 5.74) is 4.31. The predicted octanol–water partition coefficient (Wildman–Crippen LogP) is 2.82. The number of nitrogens with one attached hydrogen (secondary N) is 2. The van der Waals surface area contributed by atoms with Crippen LogP contribution in [0, 0.1) is 6.92 Å². The Bertz CT molecular complexity index is 621. The zero-order valence-electron chi connectivity index (χ0n) is 12.3. The van der Waals surface area contributed by atoms with Gasteiger partial charge >= 0.3 is 0 Å². The van der Waals surface area contributed by atoms with E-state index in [9.17, 15) is 4.79 Å². The Hall–Kier alpha value is -2.33. The van der Waals surface area contributed by atoms with E-state index in [4.69, 9.17) is 5.11 Å². The van der Waals surface area contributed by atoms with Crippen molar-refractivity contribution in [2.45, 2.75) is 13.3 Å². The number of amides is 1. The highest BCUT2D eigenvalue weighted by Gasteiger charge is 2.11. The van der Waals surface area contributed by atoms with E-state index < -0.39 is 0 Å².